The summed E-state index contributed by atoms with van der Waals surface area (Å²) >= 11 is 0.860. The number of nitriles is 1. The number of nitrogen functional groups attached to an aromatic ring is 1. The van der Waals surface area contributed by atoms with Crippen LogP contribution in [0.2, 0.25) is 0 Å². The number of aromatic nitrogens is 3. The van der Waals surface area contributed by atoms with Crippen LogP contribution in [0, 0.1) is 28.9 Å². The van der Waals surface area contributed by atoms with Gasteiger partial charge in [0.25, 0.3) is 5.56 Å². The highest BCUT2D eigenvalue weighted by atomic mass is 32.1. The quantitative estimate of drug-likeness (QED) is 0.316. The van der Waals surface area contributed by atoms with Crippen LogP contribution in [0.5, 0.6) is 6.01 Å². The smallest absolute Gasteiger partial charge is 0.319 e. The van der Waals surface area contributed by atoms with Gasteiger partial charge in [0, 0.05) is 56.0 Å². The third-order valence-corrected chi connectivity index (χ3v) is 11.5. The minimum atomic E-state index is -0.966. The molecular formula is C32H31F3N8O3S. The van der Waals surface area contributed by atoms with E-state index in [1.807, 2.05) is 11.0 Å². The number of rotatable bonds is 6. The molecule has 1 aromatic carbocycles. The SMILES string of the molecule is CNC(=O)C1CC(N2CCn3c(=O)c(-c4ccc(F)c5sc(N)c(C#N)c45)c(F)c4nc(OC[C@@]56CCCN5C[C@H](F)C6)nc2c43)C1. The topological polar surface area (TPSA) is 142 Å². The van der Waals surface area contributed by atoms with Crippen LogP contribution in [-0.2, 0) is 11.3 Å². The lowest BCUT2D eigenvalue weighted by Gasteiger charge is -2.44. The summed E-state index contributed by atoms with van der Waals surface area (Å²) in [5.41, 5.74) is 4.53. The van der Waals surface area contributed by atoms with Crippen LogP contribution in [0.3, 0.4) is 0 Å². The van der Waals surface area contributed by atoms with Crippen molar-refractivity contribution < 1.29 is 22.7 Å². The molecule has 1 saturated carbocycles. The average Bonchev–Trinajstić information content (AvgIpc) is 3.68. The summed E-state index contributed by atoms with van der Waals surface area (Å²) in [6.07, 6.45) is 2.15. The normalized spacial score (nSPS) is 25.2. The average molecular weight is 665 g/mol. The van der Waals surface area contributed by atoms with Crippen LogP contribution in [0.25, 0.3) is 32.2 Å². The molecule has 3 aromatic heterocycles. The maximum absolute atomic E-state index is 16.9. The Bertz CT molecular complexity index is 2090. The fourth-order valence-electron chi connectivity index (χ4n) is 8.07. The Kier molecular flexibility index (Phi) is 6.89. The van der Waals surface area contributed by atoms with E-state index in [0.29, 0.717) is 38.2 Å². The van der Waals surface area contributed by atoms with Crippen molar-refractivity contribution in [1.29, 1.82) is 5.26 Å². The standard InChI is InChI=1S/C32H31F3N8O3S/c1-38-29(44)15-9-17(10-15)42-7-8-43-25-24(39-31(40-28(25)42)46-14-32-5-2-6-41(32)13-16(33)11-32)23(35)22(30(43)45)18-3-4-20(34)26-21(18)19(12-36)27(37)47-26/h3-4,15-17H,2,5-11,13-14,37H2,1H3,(H,38,44)/t15?,16-,17?,32+/m1/s1. The number of carbonyl (C=O) groups is 1. The zero-order chi connectivity index (χ0) is 32.8. The Morgan fingerprint density at radius 1 is 1.26 bits per heavy atom. The Labute approximate surface area is 270 Å². The third kappa shape index (κ3) is 4.41. The van der Waals surface area contributed by atoms with E-state index in [9.17, 15) is 23.6 Å². The summed E-state index contributed by atoms with van der Waals surface area (Å²) in [5, 5.41) is 12.7. The first kappa shape index (κ1) is 29.9. The van der Waals surface area contributed by atoms with Gasteiger partial charge in [0.05, 0.1) is 21.4 Å². The molecule has 1 amide bonds. The van der Waals surface area contributed by atoms with E-state index in [-0.39, 0.29) is 79.8 Å². The first-order valence-electron chi connectivity index (χ1n) is 15.7. The molecule has 3 fully saturated rings. The number of anilines is 2. The Morgan fingerprint density at radius 3 is 2.83 bits per heavy atom. The summed E-state index contributed by atoms with van der Waals surface area (Å²) in [6.45, 7) is 1.75. The van der Waals surface area contributed by atoms with Gasteiger partial charge in [-0.1, -0.05) is 6.07 Å². The second-order valence-electron chi connectivity index (χ2n) is 12.9. The van der Waals surface area contributed by atoms with E-state index in [2.05, 4.69) is 15.2 Å². The second kappa shape index (κ2) is 10.8. The van der Waals surface area contributed by atoms with E-state index < -0.39 is 28.9 Å². The number of amides is 1. The largest absolute Gasteiger partial charge is 0.461 e. The number of ether oxygens (including phenoxy) is 1. The summed E-state index contributed by atoms with van der Waals surface area (Å²) < 4.78 is 54.0. The number of nitrogens with two attached hydrogens (primary N) is 1. The van der Waals surface area contributed by atoms with Crippen molar-refractivity contribution in [3.63, 3.8) is 0 Å². The van der Waals surface area contributed by atoms with E-state index in [0.717, 1.165) is 36.8 Å². The Morgan fingerprint density at radius 2 is 2.06 bits per heavy atom. The predicted molar refractivity (Wildman–Crippen MR) is 170 cm³/mol. The molecule has 0 unspecified atom stereocenters. The van der Waals surface area contributed by atoms with Gasteiger partial charge in [-0.05, 0) is 38.3 Å². The molecule has 6 heterocycles. The number of nitrogens with one attached hydrogen (secondary N) is 1. The monoisotopic (exact) mass is 664 g/mol. The maximum Gasteiger partial charge on any atom is 0.319 e. The van der Waals surface area contributed by atoms with Crippen molar-refractivity contribution in [2.45, 2.75) is 56.4 Å². The molecular weight excluding hydrogens is 633 g/mol. The van der Waals surface area contributed by atoms with Crippen LogP contribution in [0.4, 0.5) is 24.0 Å². The van der Waals surface area contributed by atoms with Gasteiger partial charge in [-0.25, -0.2) is 13.2 Å². The minimum Gasteiger partial charge on any atom is -0.461 e. The van der Waals surface area contributed by atoms with Gasteiger partial charge < -0.3 is 25.3 Å². The molecule has 11 nitrogen and oxygen atoms in total. The lowest BCUT2D eigenvalue weighted by atomic mass is 9.78. The van der Waals surface area contributed by atoms with Gasteiger partial charge in [-0.2, -0.15) is 15.2 Å². The van der Waals surface area contributed by atoms with E-state index in [1.54, 1.807) is 7.05 Å². The van der Waals surface area contributed by atoms with Crippen LogP contribution < -0.4 is 26.2 Å². The number of thiophene rings is 1. The van der Waals surface area contributed by atoms with Crippen molar-refractivity contribution in [2.75, 3.05) is 43.9 Å². The zero-order valence-electron chi connectivity index (χ0n) is 25.5. The zero-order valence-corrected chi connectivity index (χ0v) is 26.3. The number of alkyl halides is 1. The van der Waals surface area contributed by atoms with Crippen LogP contribution in [0.1, 0.15) is 37.7 Å². The van der Waals surface area contributed by atoms with Gasteiger partial charge in [0.15, 0.2) is 11.6 Å². The number of fused-ring (bicyclic) bond motifs is 2. The first-order chi connectivity index (χ1) is 22.6. The van der Waals surface area contributed by atoms with Crippen LogP contribution in [0.15, 0.2) is 16.9 Å². The summed E-state index contributed by atoms with van der Waals surface area (Å²) in [4.78, 5) is 39.7. The number of pyridine rings is 1. The van der Waals surface area contributed by atoms with Crippen LogP contribution >= 0.6 is 11.3 Å². The molecule has 47 heavy (non-hydrogen) atoms. The molecule has 2 saturated heterocycles. The molecule has 3 aliphatic heterocycles. The maximum atomic E-state index is 16.9. The summed E-state index contributed by atoms with van der Waals surface area (Å²) in [5.74, 6) is -1.50. The van der Waals surface area contributed by atoms with Crippen molar-refractivity contribution in [1.82, 2.24) is 24.8 Å². The van der Waals surface area contributed by atoms with Crippen molar-refractivity contribution in [2.24, 2.45) is 5.92 Å². The number of nitrogens with zero attached hydrogens (tertiary/aromatic N) is 6. The van der Waals surface area contributed by atoms with E-state index in [1.165, 1.54) is 10.6 Å². The van der Waals surface area contributed by atoms with Gasteiger partial charge in [0.1, 0.15) is 40.7 Å². The molecule has 2 atom stereocenters. The Hall–Kier alpha value is -4.42. The molecule has 8 rings (SSSR count). The number of benzene rings is 1. The van der Waals surface area contributed by atoms with Gasteiger partial charge in [-0.15, -0.1) is 11.3 Å². The number of halogens is 3. The first-order valence-corrected chi connectivity index (χ1v) is 16.5. The summed E-state index contributed by atoms with van der Waals surface area (Å²) in [7, 11) is 1.59. The number of carbonyl (C=O) groups excluding carboxylic acids is 1. The summed E-state index contributed by atoms with van der Waals surface area (Å²) in [6, 6.07) is 4.20. The lowest BCUT2D eigenvalue weighted by molar-refractivity contribution is -0.127. The number of hydrogen-bond acceptors (Lipinski definition) is 10. The molecule has 4 aromatic rings. The minimum absolute atomic E-state index is 0.0330. The lowest BCUT2D eigenvalue weighted by Crippen LogP contribution is -2.52. The van der Waals surface area contributed by atoms with Gasteiger partial charge >= 0.3 is 6.01 Å². The predicted octanol–water partition coefficient (Wildman–Crippen LogP) is 3.71. The fourth-order valence-corrected chi connectivity index (χ4v) is 9.02. The van der Waals surface area contributed by atoms with Gasteiger partial charge in [0.2, 0.25) is 5.91 Å². The van der Waals surface area contributed by atoms with Gasteiger partial charge in [-0.3, -0.25) is 14.5 Å². The van der Waals surface area contributed by atoms with Crippen molar-refractivity contribution >= 4 is 49.2 Å². The molecule has 15 heteroatoms. The number of hydrogen-bond donors (Lipinski definition) is 2. The molecule has 0 radical (unpaired) electrons. The van der Waals surface area contributed by atoms with E-state index in [4.69, 9.17) is 15.5 Å². The van der Waals surface area contributed by atoms with Crippen LogP contribution in [-0.4, -0.2) is 76.4 Å². The molecule has 0 bridgehead atoms. The van der Waals surface area contributed by atoms with E-state index >= 15 is 4.39 Å². The molecule has 4 aliphatic rings. The molecule has 0 spiro atoms. The molecule has 3 N–H and O–H groups in total. The molecule has 1 aliphatic carbocycles. The van der Waals surface area contributed by atoms with Crippen molar-refractivity contribution in [3.05, 3.63) is 39.7 Å². The third-order valence-electron chi connectivity index (χ3n) is 10.4. The highest BCUT2D eigenvalue weighted by Gasteiger charge is 2.49. The van der Waals surface area contributed by atoms with Crippen molar-refractivity contribution in [3.8, 4) is 23.2 Å². The Balaban J connectivity index is 1.30. The highest BCUT2D eigenvalue weighted by Crippen LogP contribution is 2.44. The highest BCUT2D eigenvalue weighted by molar-refractivity contribution is 7.23. The second-order valence-corrected chi connectivity index (χ2v) is 14.0. The fraction of sp³-hybridized carbons (Fsp3) is 0.469. The molecule has 244 valence electrons.